The summed E-state index contributed by atoms with van der Waals surface area (Å²) in [6, 6.07) is 6.29. The van der Waals surface area contributed by atoms with Crippen molar-refractivity contribution < 1.29 is 8.94 Å². The number of furan rings is 1. The fourth-order valence-electron chi connectivity index (χ4n) is 2.16. The highest BCUT2D eigenvalue weighted by Crippen LogP contribution is 2.21. The average molecular weight is 247 g/mol. The lowest BCUT2D eigenvalue weighted by Gasteiger charge is -2.37. The summed E-state index contributed by atoms with van der Waals surface area (Å²) in [7, 11) is 0. The maximum atomic E-state index is 5.30. The molecule has 0 saturated carbocycles. The fourth-order valence-corrected chi connectivity index (χ4v) is 2.16. The standard InChI is InChI=1S/C13H17N3O2/c1-2-16(11-7-14-8-11)9-10-6-13(18-15-10)12-4-3-5-17-12/h3-6,11,14H,2,7-9H2,1H3. The molecule has 0 aliphatic carbocycles. The number of hydrogen-bond donors (Lipinski definition) is 1. The Morgan fingerprint density at radius 3 is 2.94 bits per heavy atom. The minimum absolute atomic E-state index is 0.624. The van der Waals surface area contributed by atoms with Crippen molar-refractivity contribution in [1.82, 2.24) is 15.4 Å². The molecule has 0 unspecified atom stereocenters. The number of nitrogens with one attached hydrogen (secondary N) is 1. The number of hydrogen-bond acceptors (Lipinski definition) is 5. The van der Waals surface area contributed by atoms with Gasteiger partial charge in [0.1, 0.15) is 0 Å². The quantitative estimate of drug-likeness (QED) is 0.872. The van der Waals surface area contributed by atoms with Gasteiger partial charge >= 0.3 is 0 Å². The Morgan fingerprint density at radius 2 is 2.33 bits per heavy atom. The molecule has 0 amide bonds. The van der Waals surface area contributed by atoms with E-state index in [-0.39, 0.29) is 0 Å². The molecule has 3 rings (SSSR count). The van der Waals surface area contributed by atoms with Crippen LogP contribution in [-0.2, 0) is 6.54 Å². The first-order chi connectivity index (χ1) is 8.86. The molecule has 1 N–H and O–H groups in total. The molecule has 0 bridgehead atoms. The van der Waals surface area contributed by atoms with Crippen LogP contribution in [0, 0.1) is 0 Å². The van der Waals surface area contributed by atoms with Crippen LogP contribution in [0.1, 0.15) is 12.6 Å². The lowest BCUT2D eigenvalue weighted by Crippen LogP contribution is -2.56. The van der Waals surface area contributed by atoms with Crippen molar-refractivity contribution in [2.75, 3.05) is 19.6 Å². The Bertz CT molecular complexity index is 488. The van der Waals surface area contributed by atoms with Gasteiger partial charge in [0.15, 0.2) is 5.76 Å². The average Bonchev–Trinajstić information content (AvgIpc) is 2.95. The first-order valence-corrected chi connectivity index (χ1v) is 6.31. The third-order valence-electron chi connectivity index (χ3n) is 3.37. The molecule has 5 nitrogen and oxygen atoms in total. The van der Waals surface area contributed by atoms with Crippen LogP contribution in [0.2, 0.25) is 0 Å². The monoisotopic (exact) mass is 247 g/mol. The first kappa shape index (κ1) is 11.5. The van der Waals surface area contributed by atoms with Crippen molar-refractivity contribution >= 4 is 0 Å². The second kappa shape index (κ2) is 4.96. The fraction of sp³-hybridized carbons (Fsp3) is 0.462. The molecule has 1 fully saturated rings. The van der Waals surface area contributed by atoms with Gasteiger partial charge in [0.25, 0.3) is 0 Å². The van der Waals surface area contributed by atoms with Crippen LogP contribution in [0.25, 0.3) is 11.5 Å². The molecular formula is C13H17N3O2. The maximum absolute atomic E-state index is 5.30. The molecule has 1 saturated heterocycles. The molecule has 5 heteroatoms. The largest absolute Gasteiger partial charge is 0.461 e. The normalized spacial score (nSPS) is 16.1. The lowest BCUT2D eigenvalue weighted by molar-refractivity contribution is 0.142. The topological polar surface area (TPSA) is 54.4 Å². The van der Waals surface area contributed by atoms with Crippen LogP contribution >= 0.6 is 0 Å². The molecule has 1 aliphatic heterocycles. The minimum atomic E-state index is 0.624. The van der Waals surface area contributed by atoms with Gasteiger partial charge in [-0.2, -0.15) is 0 Å². The van der Waals surface area contributed by atoms with E-state index in [1.54, 1.807) is 6.26 Å². The van der Waals surface area contributed by atoms with Crippen LogP contribution in [0.15, 0.2) is 33.4 Å². The molecule has 18 heavy (non-hydrogen) atoms. The number of aromatic nitrogens is 1. The summed E-state index contributed by atoms with van der Waals surface area (Å²) in [6.07, 6.45) is 1.63. The van der Waals surface area contributed by atoms with Gasteiger partial charge in [-0.15, -0.1) is 0 Å². The summed E-state index contributed by atoms with van der Waals surface area (Å²) in [6.45, 7) is 6.15. The lowest BCUT2D eigenvalue weighted by atomic mass is 10.1. The molecular weight excluding hydrogens is 230 g/mol. The van der Waals surface area contributed by atoms with Crippen molar-refractivity contribution in [2.45, 2.75) is 19.5 Å². The molecule has 0 aromatic carbocycles. The predicted octanol–water partition coefficient (Wildman–Crippen LogP) is 1.73. The zero-order chi connectivity index (χ0) is 12.4. The van der Waals surface area contributed by atoms with E-state index in [1.807, 2.05) is 18.2 Å². The smallest absolute Gasteiger partial charge is 0.202 e. The Kier molecular flexibility index (Phi) is 3.17. The second-order valence-electron chi connectivity index (χ2n) is 4.53. The van der Waals surface area contributed by atoms with Crippen molar-refractivity contribution in [3.63, 3.8) is 0 Å². The van der Waals surface area contributed by atoms with E-state index in [0.717, 1.165) is 37.6 Å². The number of rotatable bonds is 5. The van der Waals surface area contributed by atoms with Crippen LogP contribution in [-0.4, -0.2) is 35.7 Å². The third-order valence-corrected chi connectivity index (χ3v) is 3.37. The van der Waals surface area contributed by atoms with E-state index in [0.29, 0.717) is 11.8 Å². The van der Waals surface area contributed by atoms with Crippen molar-refractivity contribution in [3.8, 4) is 11.5 Å². The molecule has 3 heterocycles. The van der Waals surface area contributed by atoms with Gasteiger partial charge in [-0.25, -0.2) is 0 Å². The van der Waals surface area contributed by atoms with E-state index in [4.69, 9.17) is 8.94 Å². The van der Waals surface area contributed by atoms with Gasteiger partial charge < -0.3 is 14.3 Å². The summed E-state index contributed by atoms with van der Waals surface area (Å²) in [5, 5.41) is 7.39. The van der Waals surface area contributed by atoms with Gasteiger partial charge in [-0.1, -0.05) is 12.1 Å². The van der Waals surface area contributed by atoms with Gasteiger partial charge in [0, 0.05) is 31.7 Å². The van der Waals surface area contributed by atoms with Gasteiger partial charge in [-0.05, 0) is 18.7 Å². The van der Waals surface area contributed by atoms with E-state index < -0.39 is 0 Å². The van der Waals surface area contributed by atoms with Gasteiger partial charge in [0.05, 0.1) is 12.0 Å². The molecule has 96 valence electrons. The third kappa shape index (κ3) is 2.19. The van der Waals surface area contributed by atoms with Crippen LogP contribution in [0.4, 0.5) is 0 Å². The molecule has 1 aliphatic rings. The number of nitrogens with zero attached hydrogens (tertiary/aromatic N) is 2. The van der Waals surface area contributed by atoms with Crippen LogP contribution in [0.3, 0.4) is 0 Å². The zero-order valence-electron chi connectivity index (χ0n) is 10.4. The summed E-state index contributed by atoms with van der Waals surface area (Å²) in [4.78, 5) is 2.40. The van der Waals surface area contributed by atoms with E-state index in [2.05, 4.69) is 22.3 Å². The Morgan fingerprint density at radius 1 is 1.44 bits per heavy atom. The summed E-state index contributed by atoms with van der Waals surface area (Å²) >= 11 is 0. The highest BCUT2D eigenvalue weighted by Gasteiger charge is 2.24. The van der Waals surface area contributed by atoms with Crippen LogP contribution < -0.4 is 5.32 Å². The van der Waals surface area contributed by atoms with Crippen molar-refractivity contribution in [1.29, 1.82) is 0 Å². The van der Waals surface area contributed by atoms with E-state index in [1.165, 1.54) is 0 Å². The van der Waals surface area contributed by atoms with Crippen LogP contribution in [0.5, 0.6) is 0 Å². The Balaban J connectivity index is 1.69. The summed E-state index contributed by atoms with van der Waals surface area (Å²) in [5.41, 5.74) is 0.954. The summed E-state index contributed by atoms with van der Waals surface area (Å²) < 4.78 is 10.6. The highest BCUT2D eigenvalue weighted by molar-refractivity contribution is 5.49. The van der Waals surface area contributed by atoms with Crippen molar-refractivity contribution in [2.24, 2.45) is 0 Å². The van der Waals surface area contributed by atoms with Crippen molar-refractivity contribution in [3.05, 3.63) is 30.2 Å². The molecule has 2 aromatic rings. The van der Waals surface area contributed by atoms with Gasteiger partial charge in [-0.3, -0.25) is 4.90 Å². The van der Waals surface area contributed by atoms with Gasteiger partial charge in [0.2, 0.25) is 5.76 Å². The number of likely N-dealkylation sites (N-methyl/N-ethyl adjacent to an activating group) is 1. The zero-order valence-corrected chi connectivity index (χ0v) is 10.4. The minimum Gasteiger partial charge on any atom is -0.461 e. The second-order valence-corrected chi connectivity index (χ2v) is 4.53. The predicted molar refractivity (Wildman–Crippen MR) is 66.9 cm³/mol. The molecule has 0 radical (unpaired) electrons. The molecule has 0 atom stereocenters. The van der Waals surface area contributed by atoms with E-state index in [9.17, 15) is 0 Å². The Labute approximate surface area is 106 Å². The molecule has 2 aromatic heterocycles. The molecule has 0 spiro atoms. The summed E-state index contributed by atoms with van der Waals surface area (Å²) in [5.74, 6) is 1.42. The van der Waals surface area contributed by atoms with E-state index >= 15 is 0 Å². The Hall–Kier alpha value is -1.59. The maximum Gasteiger partial charge on any atom is 0.202 e. The SMILES string of the molecule is CCN(Cc1cc(-c2ccco2)on1)C1CNC1. The highest BCUT2D eigenvalue weighted by atomic mass is 16.5. The first-order valence-electron chi connectivity index (χ1n) is 6.31.